The van der Waals surface area contributed by atoms with Gasteiger partial charge in [-0.25, -0.2) is 8.78 Å². The molecule has 0 aliphatic rings. The summed E-state index contributed by atoms with van der Waals surface area (Å²) in [4.78, 5) is 9.65. The Hall–Kier alpha value is -1.82. The molecular weight excluding hydrogens is 208 g/mol. The summed E-state index contributed by atoms with van der Waals surface area (Å²) >= 11 is 0. The standard InChI is InChI=1S/C9H7F2NO3/c10-7-4-6(2-1-3-13)9(12(14)15)5-8(7)11/h1-2,4-5,13H,3H2. The Morgan fingerprint density at radius 2 is 2.00 bits per heavy atom. The lowest BCUT2D eigenvalue weighted by molar-refractivity contribution is -0.385. The molecule has 0 saturated heterocycles. The molecule has 1 aromatic rings. The van der Waals surface area contributed by atoms with Gasteiger partial charge in [0.25, 0.3) is 5.69 Å². The molecule has 0 saturated carbocycles. The molecule has 0 aliphatic heterocycles. The lowest BCUT2D eigenvalue weighted by Crippen LogP contribution is -1.95. The summed E-state index contributed by atoms with van der Waals surface area (Å²) in [5, 5.41) is 18.9. The summed E-state index contributed by atoms with van der Waals surface area (Å²) in [5.74, 6) is -2.44. The largest absolute Gasteiger partial charge is 0.392 e. The minimum atomic E-state index is -1.28. The highest BCUT2D eigenvalue weighted by Crippen LogP contribution is 2.23. The van der Waals surface area contributed by atoms with Crippen molar-refractivity contribution in [2.45, 2.75) is 0 Å². The Morgan fingerprint density at radius 1 is 1.40 bits per heavy atom. The Balaban J connectivity index is 3.28. The van der Waals surface area contributed by atoms with Crippen molar-refractivity contribution < 1.29 is 18.8 Å². The molecule has 15 heavy (non-hydrogen) atoms. The molecule has 0 heterocycles. The Labute approximate surface area is 83.6 Å². The molecule has 80 valence electrons. The molecule has 1 aromatic carbocycles. The van der Waals surface area contributed by atoms with E-state index >= 15 is 0 Å². The van der Waals surface area contributed by atoms with Crippen LogP contribution in [0, 0.1) is 21.7 Å². The number of nitro groups is 1. The normalized spacial score (nSPS) is 10.9. The van der Waals surface area contributed by atoms with Crippen molar-refractivity contribution in [2.24, 2.45) is 0 Å². The average Bonchev–Trinajstić information content (AvgIpc) is 2.19. The Morgan fingerprint density at radius 3 is 2.53 bits per heavy atom. The van der Waals surface area contributed by atoms with Crippen molar-refractivity contribution in [2.75, 3.05) is 6.61 Å². The van der Waals surface area contributed by atoms with Crippen molar-refractivity contribution >= 4 is 11.8 Å². The second kappa shape index (κ2) is 4.61. The van der Waals surface area contributed by atoms with Gasteiger partial charge in [0, 0.05) is 0 Å². The highest BCUT2D eigenvalue weighted by Gasteiger charge is 2.16. The number of nitro benzene ring substituents is 1. The van der Waals surface area contributed by atoms with Gasteiger partial charge in [-0.15, -0.1) is 0 Å². The van der Waals surface area contributed by atoms with Gasteiger partial charge in [-0.3, -0.25) is 10.1 Å². The summed E-state index contributed by atoms with van der Waals surface area (Å²) in [6.07, 6.45) is 2.35. The molecular formula is C9H7F2NO3. The van der Waals surface area contributed by atoms with Crippen molar-refractivity contribution in [3.8, 4) is 0 Å². The van der Waals surface area contributed by atoms with E-state index in [-0.39, 0.29) is 12.2 Å². The number of hydrogen-bond donors (Lipinski definition) is 1. The molecule has 1 N–H and O–H groups in total. The quantitative estimate of drug-likeness (QED) is 0.618. The fourth-order valence-corrected chi connectivity index (χ4v) is 1.02. The fourth-order valence-electron chi connectivity index (χ4n) is 1.02. The average molecular weight is 215 g/mol. The molecule has 0 unspecified atom stereocenters. The van der Waals surface area contributed by atoms with Gasteiger partial charge in [0.1, 0.15) is 0 Å². The first kappa shape index (κ1) is 11.3. The van der Waals surface area contributed by atoms with Crippen LogP contribution in [-0.4, -0.2) is 16.6 Å². The van der Waals surface area contributed by atoms with E-state index in [1.54, 1.807) is 0 Å². The van der Waals surface area contributed by atoms with E-state index in [1.807, 2.05) is 0 Å². The zero-order valence-corrected chi connectivity index (χ0v) is 7.48. The number of benzene rings is 1. The SMILES string of the molecule is O=[N+]([O-])c1cc(F)c(F)cc1C=CCO. The second-order valence-corrected chi connectivity index (χ2v) is 2.67. The van der Waals surface area contributed by atoms with Gasteiger partial charge in [0.05, 0.1) is 23.2 Å². The van der Waals surface area contributed by atoms with Crippen LogP contribution in [0.1, 0.15) is 5.56 Å². The van der Waals surface area contributed by atoms with Gasteiger partial charge in [0.15, 0.2) is 11.6 Å². The summed E-state index contributed by atoms with van der Waals surface area (Å²) in [7, 11) is 0. The topological polar surface area (TPSA) is 63.4 Å². The Kier molecular flexibility index (Phi) is 3.46. The molecule has 0 aromatic heterocycles. The fraction of sp³-hybridized carbons (Fsp3) is 0.111. The predicted octanol–water partition coefficient (Wildman–Crippen LogP) is 1.88. The number of nitrogens with zero attached hydrogens (tertiary/aromatic N) is 1. The number of aliphatic hydroxyl groups excluding tert-OH is 1. The molecule has 0 bridgehead atoms. The minimum absolute atomic E-state index is 0.0899. The molecule has 0 spiro atoms. The summed E-state index contributed by atoms with van der Waals surface area (Å²) in [6, 6.07) is 1.21. The van der Waals surface area contributed by atoms with E-state index in [0.29, 0.717) is 12.1 Å². The molecule has 0 fully saturated rings. The Bertz CT molecular complexity index is 418. The third-order valence-electron chi connectivity index (χ3n) is 1.67. The lowest BCUT2D eigenvalue weighted by atomic mass is 10.1. The van der Waals surface area contributed by atoms with Crippen molar-refractivity contribution in [3.05, 3.63) is 45.5 Å². The third-order valence-corrected chi connectivity index (χ3v) is 1.67. The zero-order chi connectivity index (χ0) is 11.4. The van der Waals surface area contributed by atoms with Crippen LogP contribution in [0.2, 0.25) is 0 Å². The van der Waals surface area contributed by atoms with Crippen LogP contribution < -0.4 is 0 Å². The maximum absolute atomic E-state index is 12.8. The zero-order valence-electron chi connectivity index (χ0n) is 7.48. The maximum Gasteiger partial charge on any atom is 0.279 e. The molecule has 0 radical (unpaired) electrons. The van der Waals surface area contributed by atoms with Crippen molar-refractivity contribution in [1.29, 1.82) is 0 Å². The first-order chi connectivity index (χ1) is 7.06. The predicted molar refractivity (Wildman–Crippen MR) is 49.1 cm³/mol. The van der Waals surface area contributed by atoms with Gasteiger partial charge in [0.2, 0.25) is 0 Å². The molecule has 6 heteroatoms. The summed E-state index contributed by atoms with van der Waals surface area (Å²) in [5.41, 5.74) is -0.633. The van der Waals surface area contributed by atoms with Crippen molar-refractivity contribution in [1.82, 2.24) is 0 Å². The van der Waals surface area contributed by atoms with E-state index in [4.69, 9.17) is 5.11 Å². The van der Waals surface area contributed by atoms with Crippen LogP contribution >= 0.6 is 0 Å². The van der Waals surface area contributed by atoms with E-state index in [0.717, 1.165) is 6.08 Å². The van der Waals surface area contributed by atoms with Gasteiger partial charge >= 0.3 is 0 Å². The van der Waals surface area contributed by atoms with E-state index in [2.05, 4.69) is 0 Å². The highest BCUT2D eigenvalue weighted by atomic mass is 19.2. The highest BCUT2D eigenvalue weighted by molar-refractivity contribution is 5.61. The maximum atomic E-state index is 12.8. The molecule has 0 amide bonds. The van der Waals surface area contributed by atoms with Crippen LogP contribution in [0.15, 0.2) is 18.2 Å². The first-order valence-electron chi connectivity index (χ1n) is 3.97. The van der Waals surface area contributed by atoms with Gasteiger partial charge in [-0.1, -0.05) is 6.08 Å². The van der Waals surface area contributed by atoms with E-state index in [1.165, 1.54) is 6.08 Å². The van der Waals surface area contributed by atoms with Gasteiger partial charge in [-0.05, 0) is 12.1 Å². The molecule has 1 rings (SSSR count). The monoisotopic (exact) mass is 215 g/mol. The minimum Gasteiger partial charge on any atom is -0.392 e. The lowest BCUT2D eigenvalue weighted by Gasteiger charge is -1.98. The van der Waals surface area contributed by atoms with Crippen LogP contribution in [0.4, 0.5) is 14.5 Å². The second-order valence-electron chi connectivity index (χ2n) is 2.67. The smallest absolute Gasteiger partial charge is 0.279 e. The van der Waals surface area contributed by atoms with Crippen LogP contribution in [-0.2, 0) is 0 Å². The van der Waals surface area contributed by atoms with Crippen LogP contribution in [0.25, 0.3) is 6.08 Å². The number of rotatable bonds is 3. The van der Waals surface area contributed by atoms with Crippen LogP contribution in [0.5, 0.6) is 0 Å². The molecule has 0 atom stereocenters. The number of aliphatic hydroxyl groups is 1. The van der Waals surface area contributed by atoms with Crippen molar-refractivity contribution in [3.63, 3.8) is 0 Å². The van der Waals surface area contributed by atoms with Gasteiger partial charge in [-0.2, -0.15) is 0 Å². The van der Waals surface area contributed by atoms with Gasteiger partial charge < -0.3 is 5.11 Å². The number of halogens is 2. The first-order valence-corrected chi connectivity index (χ1v) is 3.97. The van der Waals surface area contributed by atoms with E-state index in [9.17, 15) is 18.9 Å². The third kappa shape index (κ3) is 2.57. The number of hydrogen-bond acceptors (Lipinski definition) is 3. The van der Waals surface area contributed by atoms with E-state index < -0.39 is 22.2 Å². The molecule has 0 aliphatic carbocycles. The summed E-state index contributed by atoms with van der Waals surface area (Å²) < 4.78 is 25.4. The summed E-state index contributed by atoms with van der Waals surface area (Å²) in [6.45, 7) is -0.337. The molecule has 4 nitrogen and oxygen atoms in total. The van der Waals surface area contributed by atoms with Crippen LogP contribution in [0.3, 0.4) is 0 Å².